The monoisotopic (exact) mass is 1450 g/mol. The Morgan fingerprint density at radius 1 is 0.333 bits per heavy atom. The number of carbonyl (C=O) groups is 3. The van der Waals surface area contributed by atoms with Crippen molar-refractivity contribution in [2.24, 2.45) is 50.2 Å². The molecule has 17 heteroatoms. The second kappa shape index (κ2) is 24.2. The van der Waals surface area contributed by atoms with Crippen LogP contribution in [0.1, 0.15) is 287 Å². The minimum Gasteiger partial charge on any atom is -0.507 e. The molecule has 14 nitrogen and oxygen atoms in total. The second-order valence-electron chi connectivity index (χ2n) is 39.1. The van der Waals surface area contributed by atoms with E-state index in [4.69, 9.17) is 12.5 Å². The first-order valence-electron chi connectivity index (χ1n) is 37.1. The molecule has 0 amide bonds. The molecule has 5 aromatic carbocycles. The lowest BCUT2D eigenvalue weighted by Crippen LogP contribution is -2.43. The molecule has 0 saturated heterocycles. The van der Waals surface area contributed by atoms with Gasteiger partial charge in [-0.1, -0.05) is 206 Å². The minimum atomic E-state index is -4.72. The Morgan fingerprint density at radius 2 is 0.510 bits per heavy atom. The van der Waals surface area contributed by atoms with Crippen LogP contribution in [0.15, 0.2) is 60.7 Å². The third-order valence-corrected chi connectivity index (χ3v) is 30.6. The van der Waals surface area contributed by atoms with E-state index < -0.39 is 107 Å². The first-order chi connectivity index (χ1) is 46.5. The van der Waals surface area contributed by atoms with Gasteiger partial charge in [0.2, 0.25) is 0 Å². The van der Waals surface area contributed by atoms with Gasteiger partial charge in [0, 0.05) is 84.7 Å². The molecule has 102 heavy (non-hydrogen) atoms. The first-order valence-corrected chi connectivity index (χ1v) is 41.8. The lowest BCUT2D eigenvalue weighted by Gasteiger charge is -2.36. The maximum Gasteiger partial charge on any atom is 0.310 e. The number of aromatic hydroxyl groups is 2. The molecule has 7 aliphatic rings. The van der Waals surface area contributed by atoms with Crippen LogP contribution in [-0.4, -0.2) is 70.1 Å². The number of carbonyl (C=O) groups excluding carboxylic acids is 3. The van der Waals surface area contributed by atoms with Gasteiger partial charge in [0.25, 0.3) is 0 Å². The van der Waals surface area contributed by atoms with Gasteiger partial charge in [-0.3, -0.25) is 14.4 Å². The molecule has 5 aromatic rings. The number of phenolic OH excluding ortho intramolecular Hbond substituents is 2. The molecule has 554 valence electrons. The Kier molecular flexibility index (Phi) is 18.0. The number of phenols is 2. The zero-order chi connectivity index (χ0) is 75.2. The minimum absolute atomic E-state index is 0.00315. The van der Waals surface area contributed by atoms with Crippen LogP contribution in [0.4, 0.5) is 0 Å². The van der Waals surface area contributed by atoms with E-state index in [9.17, 15) is 24.6 Å². The summed E-state index contributed by atoms with van der Waals surface area (Å²) in [5.41, 5.74) is -0.754. The predicted octanol–water partition coefficient (Wildman–Crippen LogP) is 17.2. The zero-order valence-electron chi connectivity index (χ0n) is 64.5. The lowest BCUT2D eigenvalue weighted by atomic mass is 9.70. The van der Waals surface area contributed by atoms with Crippen molar-refractivity contribution in [3.63, 3.8) is 0 Å². The smallest absolute Gasteiger partial charge is 0.310 e. The molecule has 0 aliphatic heterocycles. The molecule has 12 rings (SSSR count). The van der Waals surface area contributed by atoms with Gasteiger partial charge in [-0.05, 0) is 150 Å². The van der Waals surface area contributed by atoms with Gasteiger partial charge in [-0.25, -0.2) is 0 Å². The Hall–Kier alpha value is -6.04. The average Bonchev–Trinajstić information content (AvgIpc) is 1.55. The zero-order valence-corrected chi connectivity index (χ0v) is 67.0. The molecule has 16 bridgehead atoms. The highest BCUT2D eigenvalue weighted by molar-refractivity contribution is 7.87. The summed E-state index contributed by atoms with van der Waals surface area (Å²) < 4.78 is 114. The standard InChI is InChI=1S/C85H112O14S3/c1-75(2,3)62-33-49-28-53-37-64(77(7,8)9)38-54(72(53)97-100(91,92)46-83-25-22-59(43-67(83)86)80(83,16)17)29-50-34-63(76(4,5)6)36-52(71(50)90)31-56-40-66(79(13,14)15)42-58(74(56)99-102(95,96)48-85-27-24-61(45-69(85)88)82(85,20)21)32-57-41-65(78(10,11)12)39-55(30-51(35-62)70(49)89)73(57)98-101(93,94)47-84-26-23-60(44-68(84)87)81(84,18)19/h33-42,59-61,89-90H,22-32,43-48H2,1-21H3. The maximum atomic E-state index is 15.7. The van der Waals surface area contributed by atoms with Crippen molar-refractivity contribution in [1.82, 2.24) is 0 Å². The Balaban J connectivity index is 1.18. The van der Waals surface area contributed by atoms with Crippen molar-refractivity contribution >= 4 is 47.7 Å². The normalized spacial score (nSPS) is 25.5. The summed E-state index contributed by atoms with van der Waals surface area (Å²) in [6.45, 7) is 42.6. The third-order valence-electron chi connectivity index (χ3n) is 26.8. The summed E-state index contributed by atoms with van der Waals surface area (Å²) in [5, 5.41) is 26.8. The highest BCUT2D eigenvalue weighted by Crippen LogP contribution is 2.67. The molecule has 6 unspecified atom stereocenters. The lowest BCUT2D eigenvalue weighted by molar-refractivity contribution is -0.128. The Bertz CT molecular complexity index is 4460. The number of hydrogen-bond donors (Lipinski definition) is 2. The number of hydrogen-bond acceptors (Lipinski definition) is 14. The number of ketones is 3. The van der Waals surface area contributed by atoms with Crippen molar-refractivity contribution < 1.29 is 62.4 Å². The molecule has 0 aromatic heterocycles. The van der Waals surface area contributed by atoms with Crippen molar-refractivity contribution in [1.29, 1.82) is 0 Å². The molecule has 0 spiro atoms. The second-order valence-corrected chi connectivity index (χ2v) is 43.9. The summed E-state index contributed by atoms with van der Waals surface area (Å²) in [6.07, 6.45) is 3.54. The van der Waals surface area contributed by atoms with Gasteiger partial charge >= 0.3 is 30.4 Å². The highest BCUT2D eigenvalue weighted by Gasteiger charge is 2.68. The number of rotatable bonds is 12. The molecular weight excluding hydrogens is 1340 g/mol. The van der Waals surface area contributed by atoms with E-state index in [-0.39, 0.29) is 115 Å². The molecule has 7 aliphatic carbocycles. The van der Waals surface area contributed by atoms with Crippen molar-refractivity contribution in [2.75, 3.05) is 17.3 Å². The van der Waals surface area contributed by atoms with Crippen LogP contribution in [0.2, 0.25) is 0 Å². The SMILES string of the molecule is CC(C)(C)c1cc2c(O)c(c1)Cc1cc(C(C)(C)C)cc(c1OS(=O)(=O)CC13CCC(CC1=O)C3(C)C)Cc1cc(C(C)(C)C)cc(c1OS(=O)(=O)CC13CCC(CC1=O)C3(C)C)Cc1cc(C(C)(C)C)cc(c1O)Cc1cc(C(C)(C)C)cc(c1OS(=O)(=O)CC13CCC(CC1=O)C3(C)C)C2. The molecule has 6 saturated carbocycles. The van der Waals surface area contributed by atoms with E-state index in [1.54, 1.807) is 0 Å². The summed E-state index contributed by atoms with van der Waals surface area (Å²) >= 11 is 0. The van der Waals surface area contributed by atoms with Gasteiger partial charge in [-0.15, -0.1) is 0 Å². The van der Waals surface area contributed by atoms with Crippen LogP contribution in [0.3, 0.4) is 0 Å². The quantitative estimate of drug-likeness (QED) is 0.109. The van der Waals surface area contributed by atoms with E-state index in [1.807, 2.05) is 144 Å². The fourth-order valence-electron chi connectivity index (χ4n) is 19.3. The summed E-state index contributed by atoms with van der Waals surface area (Å²) in [5.74, 6) is -2.44. The molecule has 0 radical (unpaired) electrons. The van der Waals surface area contributed by atoms with Crippen molar-refractivity contribution in [2.45, 2.75) is 262 Å². The third kappa shape index (κ3) is 13.0. The number of benzene rings is 5. The van der Waals surface area contributed by atoms with Crippen LogP contribution >= 0.6 is 0 Å². The molecule has 6 fully saturated rings. The van der Waals surface area contributed by atoms with Crippen molar-refractivity contribution in [3.05, 3.63) is 144 Å². The van der Waals surface area contributed by atoms with Gasteiger partial charge in [0.05, 0.1) is 33.5 Å². The fourth-order valence-corrected chi connectivity index (χ4v) is 24.7. The topological polar surface area (TPSA) is 222 Å². The first kappa shape index (κ1) is 75.6. The van der Waals surface area contributed by atoms with Crippen LogP contribution in [-0.2, 0) is 104 Å². The number of Topliss-reactive ketones (excluding diaryl/α,β-unsaturated/α-hetero) is 3. The van der Waals surface area contributed by atoms with Gasteiger partial charge < -0.3 is 22.8 Å². The van der Waals surface area contributed by atoms with E-state index in [0.29, 0.717) is 94.2 Å². The average molecular weight is 1450 g/mol. The molecule has 0 heterocycles. The van der Waals surface area contributed by atoms with Crippen molar-refractivity contribution in [3.8, 4) is 28.7 Å². The Labute approximate surface area is 609 Å². The largest absolute Gasteiger partial charge is 0.507 e. The molecule has 6 atom stereocenters. The Morgan fingerprint density at radius 3 is 0.667 bits per heavy atom. The summed E-state index contributed by atoms with van der Waals surface area (Å²) in [7, 11) is -14.1. The predicted molar refractivity (Wildman–Crippen MR) is 402 cm³/mol. The molecular formula is C85H112O14S3. The van der Waals surface area contributed by atoms with Gasteiger partial charge in [0.15, 0.2) is 0 Å². The number of fused-ring (bicyclic) bond motifs is 16. The van der Waals surface area contributed by atoms with Gasteiger partial charge in [-0.2, -0.15) is 25.3 Å². The summed E-state index contributed by atoms with van der Waals surface area (Å²) in [6, 6.07) is 19.2. The van der Waals surface area contributed by atoms with E-state index in [1.165, 1.54) is 0 Å². The highest BCUT2D eigenvalue weighted by atomic mass is 32.2. The summed E-state index contributed by atoms with van der Waals surface area (Å²) in [4.78, 5) is 42.9. The van der Waals surface area contributed by atoms with Crippen LogP contribution in [0, 0.1) is 50.2 Å². The van der Waals surface area contributed by atoms with Gasteiger partial charge in [0.1, 0.15) is 46.1 Å². The van der Waals surface area contributed by atoms with E-state index >= 15 is 25.3 Å². The van der Waals surface area contributed by atoms with E-state index in [2.05, 4.69) is 62.3 Å². The molecule has 2 N–H and O–H groups in total. The van der Waals surface area contributed by atoms with Crippen LogP contribution in [0.5, 0.6) is 28.7 Å². The van der Waals surface area contributed by atoms with E-state index in [0.717, 1.165) is 27.8 Å². The maximum absolute atomic E-state index is 15.7. The van der Waals surface area contributed by atoms with Crippen LogP contribution < -0.4 is 12.5 Å². The van der Waals surface area contributed by atoms with Crippen LogP contribution in [0.25, 0.3) is 0 Å². The fraction of sp³-hybridized carbons (Fsp3) is 0.612.